The van der Waals surface area contributed by atoms with Gasteiger partial charge in [-0.15, -0.1) is 0 Å². The monoisotopic (exact) mass is 419 g/mol. The standard InChI is InChI=1S/C9H18N2.2ClH.Pt/c10-6-9(11)4-3-7-1-2-8(9)5-7;;;/h7-8H,1-6,10-11H2;2*1H;/q;;;+2/p-2. The molecule has 0 aromatic rings. The molecule has 4 N–H and O–H groups in total. The first kappa shape index (κ1) is 13.3. The molecule has 0 radical (unpaired) electrons. The van der Waals surface area contributed by atoms with Crippen molar-refractivity contribution in [3.8, 4) is 0 Å². The first-order chi connectivity index (χ1) is 6.66. The van der Waals surface area contributed by atoms with Gasteiger partial charge in [0.15, 0.2) is 0 Å². The number of fused-ring (bicyclic) bond motifs is 2. The van der Waals surface area contributed by atoms with Gasteiger partial charge in [0.25, 0.3) is 0 Å². The minimum atomic E-state index is -0.472. The van der Waals surface area contributed by atoms with E-state index in [9.17, 15) is 0 Å². The third kappa shape index (κ3) is 3.09. The molecule has 2 fully saturated rings. The van der Waals surface area contributed by atoms with Gasteiger partial charge in [-0.25, -0.2) is 0 Å². The Bertz CT molecular complexity index is 182. The molecule has 2 aliphatic rings. The van der Waals surface area contributed by atoms with E-state index in [0.29, 0.717) is 6.54 Å². The second-order valence-corrected chi connectivity index (χ2v) is 7.68. The number of hydrogen-bond acceptors (Lipinski definition) is 2. The summed E-state index contributed by atoms with van der Waals surface area (Å²) in [6, 6.07) is 0. The van der Waals surface area contributed by atoms with Crippen LogP contribution in [0, 0.1) is 11.8 Å². The molecule has 0 aliphatic heterocycles. The van der Waals surface area contributed by atoms with Gasteiger partial charge in [0.05, 0.1) is 0 Å². The van der Waals surface area contributed by atoms with Crippen LogP contribution in [0.1, 0.15) is 32.1 Å². The molecule has 2 rings (SSSR count). The van der Waals surface area contributed by atoms with Crippen LogP contribution in [0.5, 0.6) is 0 Å². The molecule has 2 aliphatic carbocycles. The van der Waals surface area contributed by atoms with Gasteiger partial charge in [-0.3, -0.25) is 0 Å². The predicted molar refractivity (Wildman–Crippen MR) is 57.7 cm³/mol. The summed E-state index contributed by atoms with van der Waals surface area (Å²) in [5, 5.41) is 0. The number of nitrogens with two attached hydrogens (primary N) is 2. The van der Waals surface area contributed by atoms with E-state index in [0.717, 1.165) is 11.8 Å². The molecule has 0 saturated heterocycles. The second-order valence-electron chi connectivity index (χ2n) is 4.40. The Morgan fingerprint density at radius 2 is 1.93 bits per heavy atom. The van der Waals surface area contributed by atoms with Crippen molar-refractivity contribution in [2.75, 3.05) is 6.54 Å². The van der Waals surface area contributed by atoms with Gasteiger partial charge in [0, 0.05) is 12.1 Å². The van der Waals surface area contributed by atoms with Crippen LogP contribution in [0.2, 0.25) is 0 Å². The van der Waals surface area contributed by atoms with E-state index in [2.05, 4.69) is 0 Å². The molecular formula is C9H18Cl2N2Pt. The molecule has 0 amide bonds. The topological polar surface area (TPSA) is 52.0 Å². The van der Waals surface area contributed by atoms with E-state index >= 15 is 0 Å². The zero-order valence-electron chi connectivity index (χ0n) is 8.12. The van der Waals surface area contributed by atoms with E-state index in [1.54, 1.807) is 0 Å². The first-order valence-corrected chi connectivity index (χ1v) is 10.6. The zero-order chi connectivity index (χ0) is 10.6. The summed E-state index contributed by atoms with van der Waals surface area (Å²) in [7, 11) is 9.75. The van der Waals surface area contributed by atoms with Crippen molar-refractivity contribution in [2.24, 2.45) is 23.3 Å². The zero-order valence-corrected chi connectivity index (χ0v) is 11.9. The van der Waals surface area contributed by atoms with Crippen LogP contribution in [-0.2, 0) is 16.5 Å². The van der Waals surface area contributed by atoms with E-state index in [-0.39, 0.29) is 5.54 Å². The molecule has 0 heterocycles. The Balaban J connectivity index is 0.000000293. The van der Waals surface area contributed by atoms with Crippen LogP contribution in [-0.4, -0.2) is 12.1 Å². The average molecular weight is 420 g/mol. The molecule has 88 valence electrons. The van der Waals surface area contributed by atoms with Gasteiger partial charge in [-0.2, -0.15) is 0 Å². The minimum absolute atomic E-state index is 0.00694. The average Bonchev–Trinajstić information content (AvgIpc) is 2.59. The van der Waals surface area contributed by atoms with Crippen molar-refractivity contribution in [1.82, 2.24) is 0 Å². The maximum absolute atomic E-state index is 6.21. The van der Waals surface area contributed by atoms with E-state index in [1.165, 1.54) is 32.1 Å². The van der Waals surface area contributed by atoms with Crippen molar-refractivity contribution in [1.29, 1.82) is 0 Å². The van der Waals surface area contributed by atoms with E-state index < -0.39 is 16.5 Å². The Morgan fingerprint density at radius 1 is 1.29 bits per heavy atom. The molecule has 0 aromatic carbocycles. The van der Waals surface area contributed by atoms with Crippen molar-refractivity contribution < 1.29 is 16.5 Å². The Morgan fingerprint density at radius 3 is 2.50 bits per heavy atom. The molecule has 2 nitrogen and oxygen atoms in total. The number of hydrogen-bond donors (Lipinski definition) is 2. The van der Waals surface area contributed by atoms with Crippen molar-refractivity contribution in [2.45, 2.75) is 37.6 Å². The predicted octanol–water partition coefficient (Wildman–Crippen LogP) is 2.23. The molecule has 5 heteroatoms. The van der Waals surface area contributed by atoms with E-state index in [1.807, 2.05) is 0 Å². The van der Waals surface area contributed by atoms with Crippen LogP contribution in [0.3, 0.4) is 0 Å². The van der Waals surface area contributed by atoms with Crippen molar-refractivity contribution >= 4 is 18.8 Å². The van der Waals surface area contributed by atoms with Crippen LogP contribution in [0.25, 0.3) is 0 Å². The Hall–Kier alpha value is 1.19. The van der Waals surface area contributed by atoms with Gasteiger partial charge in [-0.1, -0.05) is 6.42 Å². The Kier molecular flexibility index (Phi) is 5.73. The molecule has 0 spiro atoms. The molecule has 2 saturated carbocycles. The summed E-state index contributed by atoms with van der Waals surface area (Å²) in [5.41, 5.74) is 11.9. The third-order valence-electron chi connectivity index (χ3n) is 3.75. The van der Waals surface area contributed by atoms with Crippen LogP contribution < -0.4 is 11.5 Å². The SMILES string of the molecule is NCC1(N)CCC2CCC1C2.[Cl][Pt][Cl]. The van der Waals surface area contributed by atoms with E-state index in [4.69, 9.17) is 30.3 Å². The molecule has 3 atom stereocenters. The molecule has 0 aromatic heterocycles. The van der Waals surface area contributed by atoms with Gasteiger partial charge in [0.1, 0.15) is 0 Å². The fourth-order valence-corrected chi connectivity index (χ4v) is 2.81. The second kappa shape index (κ2) is 6.05. The summed E-state index contributed by atoms with van der Waals surface area (Å²) < 4.78 is 0. The summed E-state index contributed by atoms with van der Waals surface area (Å²) in [5.74, 6) is 1.73. The first-order valence-electron chi connectivity index (χ1n) is 4.97. The number of rotatable bonds is 1. The summed E-state index contributed by atoms with van der Waals surface area (Å²) in [4.78, 5) is 0. The quantitative estimate of drug-likeness (QED) is 0.684. The van der Waals surface area contributed by atoms with Crippen LogP contribution >= 0.6 is 18.8 Å². The summed E-state index contributed by atoms with van der Waals surface area (Å²) in [6.45, 7) is 0.685. The Labute approximate surface area is 102 Å². The van der Waals surface area contributed by atoms with Gasteiger partial charge in [0.2, 0.25) is 0 Å². The maximum atomic E-state index is 6.21. The molecule has 2 bridgehead atoms. The number of halogens is 2. The molecule has 14 heavy (non-hydrogen) atoms. The van der Waals surface area contributed by atoms with Gasteiger partial charge < -0.3 is 11.5 Å². The molecule has 3 unspecified atom stereocenters. The normalized spacial score (nSPS) is 40.6. The molecular weight excluding hydrogens is 402 g/mol. The fourth-order valence-electron chi connectivity index (χ4n) is 2.81. The van der Waals surface area contributed by atoms with Crippen LogP contribution in [0.15, 0.2) is 0 Å². The third-order valence-corrected chi connectivity index (χ3v) is 3.75. The summed E-state index contributed by atoms with van der Waals surface area (Å²) in [6.07, 6.45) is 6.58. The fraction of sp³-hybridized carbons (Fsp3) is 1.00. The van der Waals surface area contributed by atoms with Gasteiger partial charge >= 0.3 is 35.3 Å². The van der Waals surface area contributed by atoms with Gasteiger partial charge in [-0.05, 0) is 37.5 Å². The van der Waals surface area contributed by atoms with Crippen molar-refractivity contribution in [3.05, 3.63) is 0 Å². The van der Waals surface area contributed by atoms with Crippen LogP contribution in [0.4, 0.5) is 0 Å². The summed E-state index contributed by atoms with van der Waals surface area (Å²) >= 11 is -0.472. The van der Waals surface area contributed by atoms with Crippen molar-refractivity contribution in [3.63, 3.8) is 0 Å².